The Morgan fingerprint density at radius 1 is 1.37 bits per heavy atom. The molecule has 3 N–H and O–H groups in total. The van der Waals surface area contributed by atoms with Crippen molar-refractivity contribution in [3.8, 4) is 0 Å². The van der Waals surface area contributed by atoms with Gasteiger partial charge in [-0.2, -0.15) is 0 Å². The van der Waals surface area contributed by atoms with Crippen LogP contribution in [0.25, 0.3) is 10.9 Å². The van der Waals surface area contributed by atoms with Gasteiger partial charge in [0.05, 0.1) is 22.3 Å². The number of nitrogens with one attached hydrogen (secondary N) is 2. The molecular formula is C19H20FN3O4. The molecule has 1 aromatic carbocycles. The molecule has 142 valence electrons. The van der Waals surface area contributed by atoms with Gasteiger partial charge in [-0.3, -0.25) is 9.59 Å². The Balaban J connectivity index is 2.01. The number of benzene rings is 1. The van der Waals surface area contributed by atoms with Crippen LogP contribution >= 0.6 is 0 Å². The van der Waals surface area contributed by atoms with E-state index in [1.165, 1.54) is 6.20 Å². The predicted octanol–water partition coefficient (Wildman–Crippen LogP) is 2.95. The lowest BCUT2D eigenvalue weighted by Gasteiger charge is -2.32. The third-order valence-corrected chi connectivity index (χ3v) is 5.48. The van der Waals surface area contributed by atoms with E-state index in [4.69, 9.17) is 0 Å². The summed E-state index contributed by atoms with van der Waals surface area (Å²) in [6.45, 7) is 3.85. The number of pyridine rings is 1. The summed E-state index contributed by atoms with van der Waals surface area (Å²) in [5.74, 6) is -2.34. The highest BCUT2D eigenvalue weighted by molar-refractivity contribution is 6.12. The smallest absolute Gasteiger partial charge is 0.341 e. The van der Waals surface area contributed by atoms with E-state index in [0.717, 1.165) is 25.3 Å². The minimum Gasteiger partial charge on any atom is -0.477 e. The van der Waals surface area contributed by atoms with Gasteiger partial charge in [-0.1, -0.05) is 20.3 Å². The third kappa shape index (κ3) is 2.67. The number of carboxylic acid groups (broad SMARTS) is 1. The van der Waals surface area contributed by atoms with Crippen molar-refractivity contribution in [3.63, 3.8) is 0 Å². The molecule has 1 aliphatic heterocycles. The lowest BCUT2D eigenvalue weighted by Crippen LogP contribution is -2.43. The SMILES string of the molecule is CCC(C)[C@@H]1Nc2c(F)cc3c(=O)c(C(=O)O)cn(C4CC4)c3c2NC1=O. The second-order valence-corrected chi connectivity index (χ2v) is 7.32. The molecule has 8 heteroatoms. The van der Waals surface area contributed by atoms with Crippen LogP contribution in [0, 0.1) is 11.7 Å². The summed E-state index contributed by atoms with van der Waals surface area (Å²) >= 11 is 0. The van der Waals surface area contributed by atoms with Gasteiger partial charge in [-0.05, 0) is 24.8 Å². The van der Waals surface area contributed by atoms with Gasteiger partial charge in [0.2, 0.25) is 11.3 Å². The topological polar surface area (TPSA) is 100 Å². The number of anilines is 2. The van der Waals surface area contributed by atoms with E-state index in [9.17, 15) is 23.9 Å². The Kier molecular flexibility index (Phi) is 3.94. The zero-order chi connectivity index (χ0) is 19.5. The molecule has 0 saturated heterocycles. The van der Waals surface area contributed by atoms with Crippen molar-refractivity contribution in [2.45, 2.75) is 45.2 Å². The Bertz CT molecular complexity index is 1040. The largest absolute Gasteiger partial charge is 0.477 e. The number of carbonyl (C=O) groups excluding carboxylic acids is 1. The molecule has 2 heterocycles. The Morgan fingerprint density at radius 3 is 2.67 bits per heavy atom. The van der Waals surface area contributed by atoms with E-state index in [1.54, 1.807) is 4.57 Å². The minimum absolute atomic E-state index is 0.00624. The molecule has 1 aliphatic carbocycles. The second kappa shape index (κ2) is 6.07. The standard InChI is InChI=1S/C19H20FN3O4/c1-3-8(2)13-18(25)22-15-14(21-13)12(20)6-10-16(15)23(9-4-5-9)7-11(17(10)24)19(26)27/h6-9,13,21H,3-5H2,1-2H3,(H,22,25)(H,26,27)/t8?,13-/m0/s1. The summed E-state index contributed by atoms with van der Waals surface area (Å²) in [6.07, 6.45) is 3.71. The van der Waals surface area contributed by atoms with E-state index in [2.05, 4.69) is 10.6 Å². The highest BCUT2D eigenvalue weighted by atomic mass is 19.1. The molecule has 27 heavy (non-hydrogen) atoms. The van der Waals surface area contributed by atoms with Crippen LogP contribution in [-0.4, -0.2) is 27.6 Å². The Labute approximate surface area is 154 Å². The van der Waals surface area contributed by atoms with Gasteiger partial charge in [0.1, 0.15) is 17.4 Å². The fourth-order valence-corrected chi connectivity index (χ4v) is 3.60. The summed E-state index contributed by atoms with van der Waals surface area (Å²) in [4.78, 5) is 36.6. The van der Waals surface area contributed by atoms with Crippen LogP contribution in [0.3, 0.4) is 0 Å². The maximum atomic E-state index is 14.8. The number of amides is 1. The van der Waals surface area contributed by atoms with Gasteiger partial charge < -0.3 is 20.3 Å². The lowest BCUT2D eigenvalue weighted by molar-refractivity contribution is -0.118. The van der Waals surface area contributed by atoms with Crippen LogP contribution in [-0.2, 0) is 4.79 Å². The van der Waals surface area contributed by atoms with E-state index in [1.807, 2.05) is 13.8 Å². The number of halogens is 1. The minimum atomic E-state index is -1.35. The van der Waals surface area contributed by atoms with E-state index in [0.29, 0.717) is 5.52 Å². The monoisotopic (exact) mass is 373 g/mol. The molecule has 7 nitrogen and oxygen atoms in total. The average Bonchev–Trinajstić information content (AvgIpc) is 3.46. The first kappa shape index (κ1) is 17.5. The van der Waals surface area contributed by atoms with Crippen LogP contribution in [0.15, 0.2) is 17.1 Å². The third-order valence-electron chi connectivity index (χ3n) is 5.48. The van der Waals surface area contributed by atoms with Crippen LogP contribution in [0.4, 0.5) is 15.8 Å². The molecule has 0 bridgehead atoms. The van der Waals surface area contributed by atoms with E-state index < -0.39 is 28.8 Å². The zero-order valence-corrected chi connectivity index (χ0v) is 15.0. The number of hydrogen-bond donors (Lipinski definition) is 3. The van der Waals surface area contributed by atoms with Crippen LogP contribution in [0.1, 0.15) is 49.5 Å². The number of aromatic nitrogens is 1. The molecule has 0 radical (unpaired) electrons. The number of rotatable bonds is 4. The molecular weight excluding hydrogens is 353 g/mol. The summed E-state index contributed by atoms with van der Waals surface area (Å²) < 4.78 is 16.5. The Morgan fingerprint density at radius 2 is 2.07 bits per heavy atom. The maximum Gasteiger partial charge on any atom is 0.341 e. The van der Waals surface area contributed by atoms with Crippen molar-refractivity contribution >= 4 is 34.2 Å². The van der Waals surface area contributed by atoms with Crippen molar-refractivity contribution in [3.05, 3.63) is 33.9 Å². The van der Waals surface area contributed by atoms with Gasteiger partial charge in [0.15, 0.2) is 0 Å². The van der Waals surface area contributed by atoms with Gasteiger partial charge in [-0.25, -0.2) is 9.18 Å². The molecule has 1 fully saturated rings. The number of hydrogen-bond acceptors (Lipinski definition) is 4. The van der Waals surface area contributed by atoms with Gasteiger partial charge in [0.25, 0.3) is 0 Å². The highest BCUT2D eigenvalue weighted by Gasteiger charge is 2.35. The normalized spacial score (nSPS) is 20.0. The maximum absolute atomic E-state index is 14.8. The van der Waals surface area contributed by atoms with Crippen molar-refractivity contribution in [2.24, 2.45) is 5.92 Å². The zero-order valence-electron chi connectivity index (χ0n) is 15.0. The van der Waals surface area contributed by atoms with Crippen molar-refractivity contribution in [2.75, 3.05) is 10.6 Å². The first-order valence-electron chi connectivity index (χ1n) is 9.05. The van der Waals surface area contributed by atoms with Crippen molar-refractivity contribution < 1.29 is 19.1 Å². The molecule has 1 unspecified atom stereocenters. The van der Waals surface area contributed by atoms with Crippen LogP contribution in [0.5, 0.6) is 0 Å². The van der Waals surface area contributed by atoms with Gasteiger partial charge in [-0.15, -0.1) is 0 Å². The van der Waals surface area contributed by atoms with Crippen molar-refractivity contribution in [1.82, 2.24) is 4.57 Å². The summed E-state index contributed by atoms with van der Waals surface area (Å²) in [5, 5.41) is 15.0. The first-order chi connectivity index (χ1) is 12.8. The van der Waals surface area contributed by atoms with E-state index in [-0.39, 0.29) is 34.6 Å². The Hall–Kier alpha value is -2.90. The van der Waals surface area contributed by atoms with Gasteiger partial charge >= 0.3 is 5.97 Å². The fourth-order valence-electron chi connectivity index (χ4n) is 3.60. The molecule has 1 saturated carbocycles. The van der Waals surface area contributed by atoms with Gasteiger partial charge in [0, 0.05) is 12.2 Å². The average molecular weight is 373 g/mol. The lowest BCUT2D eigenvalue weighted by atomic mass is 9.95. The van der Waals surface area contributed by atoms with Crippen molar-refractivity contribution in [1.29, 1.82) is 0 Å². The molecule has 4 rings (SSSR count). The number of aromatic carboxylic acids is 1. The fraction of sp³-hybridized carbons (Fsp3) is 0.421. The number of carboxylic acids is 1. The van der Waals surface area contributed by atoms with Crippen LogP contribution in [0.2, 0.25) is 0 Å². The molecule has 1 aromatic heterocycles. The number of nitrogens with zero attached hydrogens (tertiary/aromatic N) is 1. The molecule has 1 amide bonds. The highest BCUT2D eigenvalue weighted by Crippen LogP contribution is 2.43. The second-order valence-electron chi connectivity index (χ2n) is 7.32. The summed E-state index contributed by atoms with van der Waals surface area (Å²) in [6, 6.07) is 0.527. The molecule has 2 aliphatic rings. The first-order valence-corrected chi connectivity index (χ1v) is 9.05. The van der Waals surface area contributed by atoms with E-state index >= 15 is 0 Å². The predicted molar refractivity (Wildman–Crippen MR) is 98.9 cm³/mol. The molecule has 2 aromatic rings. The summed E-state index contributed by atoms with van der Waals surface area (Å²) in [7, 11) is 0. The van der Waals surface area contributed by atoms with Crippen LogP contribution < -0.4 is 16.1 Å². The molecule has 2 atom stereocenters. The summed E-state index contributed by atoms with van der Waals surface area (Å²) in [5.41, 5.74) is -0.442. The quantitative estimate of drug-likeness (QED) is 0.765. The number of fused-ring (bicyclic) bond motifs is 3. The number of carbonyl (C=O) groups is 2. The molecule has 0 spiro atoms.